The van der Waals surface area contributed by atoms with Gasteiger partial charge >= 0.3 is 5.97 Å². The molecule has 0 fully saturated rings. The van der Waals surface area contributed by atoms with Gasteiger partial charge in [-0.2, -0.15) is 0 Å². The van der Waals surface area contributed by atoms with Crippen molar-refractivity contribution in [3.05, 3.63) is 41.7 Å². The Bertz CT molecular complexity index is 669. The predicted octanol–water partition coefficient (Wildman–Crippen LogP) is 1.32. The van der Waals surface area contributed by atoms with Crippen LogP contribution < -0.4 is 5.32 Å². The van der Waals surface area contributed by atoms with Gasteiger partial charge in [-0.25, -0.2) is 9.48 Å². The minimum absolute atomic E-state index is 0.00239. The van der Waals surface area contributed by atoms with Crippen molar-refractivity contribution in [1.82, 2.24) is 15.0 Å². The summed E-state index contributed by atoms with van der Waals surface area (Å²) in [7, 11) is 1.43. The zero-order valence-corrected chi connectivity index (χ0v) is 12.2. The maximum absolute atomic E-state index is 12.3. The van der Waals surface area contributed by atoms with Gasteiger partial charge < -0.3 is 15.2 Å². The number of hydrogen-bond donors (Lipinski definition) is 2. The van der Waals surface area contributed by atoms with Gasteiger partial charge in [-0.3, -0.25) is 4.79 Å². The SMILES string of the molecule is COCc1c(C(=O)O)nnn1C(C)C(=O)Nc1ccccc1. The number of aromatic carboxylic acids is 1. The largest absolute Gasteiger partial charge is 0.476 e. The molecule has 22 heavy (non-hydrogen) atoms. The van der Waals surface area contributed by atoms with Crippen LogP contribution in [0.5, 0.6) is 0 Å². The first kappa shape index (κ1) is 15.6. The molecule has 0 aliphatic rings. The minimum Gasteiger partial charge on any atom is -0.476 e. The van der Waals surface area contributed by atoms with E-state index >= 15 is 0 Å². The van der Waals surface area contributed by atoms with Crippen molar-refractivity contribution in [2.45, 2.75) is 19.6 Å². The van der Waals surface area contributed by atoms with Crippen LogP contribution in [0.2, 0.25) is 0 Å². The fraction of sp³-hybridized carbons (Fsp3) is 0.286. The Morgan fingerprint density at radius 3 is 2.64 bits per heavy atom. The lowest BCUT2D eigenvalue weighted by molar-refractivity contribution is -0.119. The summed E-state index contributed by atoms with van der Waals surface area (Å²) in [5.41, 5.74) is 0.665. The maximum atomic E-state index is 12.3. The van der Waals surface area contributed by atoms with Crippen molar-refractivity contribution in [3.8, 4) is 0 Å². The second-order valence-electron chi connectivity index (χ2n) is 4.60. The number of rotatable bonds is 6. The monoisotopic (exact) mass is 304 g/mol. The first-order chi connectivity index (χ1) is 10.5. The highest BCUT2D eigenvalue weighted by atomic mass is 16.5. The Kier molecular flexibility index (Phi) is 4.84. The maximum Gasteiger partial charge on any atom is 0.358 e. The number of para-hydroxylation sites is 1. The van der Waals surface area contributed by atoms with Crippen molar-refractivity contribution in [2.75, 3.05) is 12.4 Å². The highest BCUT2D eigenvalue weighted by Crippen LogP contribution is 2.16. The Labute approximate surface area is 126 Å². The Hall–Kier alpha value is -2.74. The van der Waals surface area contributed by atoms with Crippen molar-refractivity contribution in [1.29, 1.82) is 0 Å². The molecule has 0 aliphatic carbocycles. The molecule has 2 N–H and O–H groups in total. The smallest absolute Gasteiger partial charge is 0.358 e. The van der Waals surface area contributed by atoms with Gasteiger partial charge in [-0.15, -0.1) is 5.10 Å². The normalized spacial score (nSPS) is 11.9. The number of carbonyl (C=O) groups excluding carboxylic acids is 1. The molecule has 8 nitrogen and oxygen atoms in total. The summed E-state index contributed by atoms with van der Waals surface area (Å²) in [5, 5.41) is 19.2. The fourth-order valence-electron chi connectivity index (χ4n) is 1.94. The molecule has 0 bridgehead atoms. The van der Waals surface area contributed by atoms with E-state index in [2.05, 4.69) is 15.6 Å². The molecular weight excluding hydrogens is 288 g/mol. The highest BCUT2D eigenvalue weighted by molar-refractivity contribution is 5.93. The number of carboxylic acids is 1. The van der Waals surface area contributed by atoms with E-state index in [1.54, 1.807) is 31.2 Å². The quantitative estimate of drug-likeness (QED) is 0.833. The summed E-state index contributed by atoms with van der Waals surface area (Å²) >= 11 is 0. The lowest BCUT2D eigenvalue weighted by Gasteiger charge is -2.14. The average Bonchev–Trinajstić information content (AvgIpc) is 2.91. The highest BCUT2D eigenvalue weighted by Gasteiger charge is 2.25. The van der Waals surface area contributed by atoms with Gasteiger partial charge in [0, 0.05) is 12.8 Å². The lowest BCUT2D eigenvalue weighted by atomic mass is 10.2. The molecule has 116 valence electrons. The third kappa shape index (κ3) is 3.29. The lowest BCUT2D eigenvalue weighted by Crippen LogP contribution is -2.26. The first-order valence-electron chi connectivity index (χ1n) is 6.56. The number of amides is 1. The van der Waals surface area contributed by atoms with Crippen LogP contribution in [-0.4, -0.2) is 39.1 Å². The standard InChI is InChI=1S/C14H16N4O4/c1-9(13(19)15-10-6-4-3-5-7-10)18-11(8-22-2)12(14(20)21)16-17-18/h3-7,9H,8H2,1-2H3,(H,15,19)(H,20,21). The van der Waals surface area contributed by atoms with Crippen LogP contribution in [0.1, 0.15) is 29.1 Å². The molecule has 0 saturated heterocycles. The van der Waals surface area contributed by atoms with Crippen LogP contribution >= 0.6 is 0 Å². The summed E-state index contributed by atoms with van der Waals surface area (Å²) < 4.78 is 6.23. The predicted molar refractivity (Wildman–Crippen MR) is 77.5 cm³/mol. The number of benzene rings is 1. The van der Waals surface area contributed by atoms with E-state index in [-0.39, 0.29) is 23.9 Å². The van der Waals surface area contributed by atoms with Crippen molar-refractivity contribution in [2.24, 2.45) is 0 Å². The van der Waals surface area contributed by atoms with E-state index in [0.29, 0.717) is 5.69 Å². The molecule has 1 aromatic heterocycles. The topological polar surface area (TPSA) is 106 Å². The number of carbonyl (C=O) groups is 2. The van der Waals surface area contributed by atoms with Crippen LogP contribution in [0.15, 0.2) is 30.3 Å². The molecule has 0 spiro atoms. The van der Waals surface area contributed by atoms with Gasteiger partial charge in [-0.05, 0) is 19.1 Å². The van der Waals surface area contributed by atoms with Gasteiger partial charge in [0.15, 0.2) is 5.69 Å². The van der Waals surface area contributed by atoms with Gasteiger partial charge in [0.25, 0.3) is 0 Å². The number of nitrogens with one attached hydrogen (secondary N) is 1. The van der Waals surface area contributed by atoms with E-state index in [0.717, 1.165) is 0 Å². The first-order valence-corrected chi connectivity index (χ1v) is 6.56. The van der Waals surface area contributed by atoms with Crippen molar-refractivity contribution in [3.63, 3.8) is 0 Å². The van der Waals surface area contributed by atoms with Gasteiger partial charge in [0.05, 0.1) is 6.61 Å². The van der Waals surface area contributed by atoms with E-state index in [1.165, 1.54) is 11.8 Å². The molecule has 1 atom stereocenters. The van der Waals surface area contributed by atoms with E-state index < -0.39 is 12.0 Å². The van der Waals surface area contributed by atoms with Crippen molar-refractivity contribution < 1.29 is 19.4 Å². The number of anilines is 1. The number of methoxy groups -OCH3 is 1. The zero-order chi connectivity index (χ0) is 16.1. The molecule has 1 heterocycles. The van der Waals surface area contributed by atoms with Gasteiger partial charge in [0.2, 0.25) is 5.91 Å². The van der Waals surface area contributed by atoms with Crippen molar-refractivity contribution >= 4 is 17.6 Å². The third-order valence-electron chi connectivity index (χ3n) is 3.06. The van der Waals surface area contributed by atoms with Gasteiger partial charge in [-0.1, -0.05) is 23.4 Å². The minimum atomic E-state index is -1.21. The number of hydrogen-bond acceptors (Lipinski definition) is 5. The third-order valence-corrected chi connectivity index (χ3v) is 3.06. The number of aromatic nitrogens is 3. The molecule has 0 radical (unpaired) electrons. The summed E-state index contributed by atoms with van der Waals surface area (Å²) in [6.07, 6.45) is 0. The van der Waals surface area contributed by atoms with Crippen LogP contribution in [0.4, 0.5) is 5.69 Å². The number of nitrogens with zero attached hydrogens (tertiary/aromatic N) is 3. The number of ether oxygens (including phenoxy) is 1. The molecule has 1 amide bonds. The second kappa shape index (κ2) is 6.81. The summed E-state index contributed by atoms with van der Waals surface area (Å²) in [6.45, 7) is 1.61. The Morgan fingerprint density at radius 2 is 2.05 bits per heavy atom. The molecule has 0 saturated carbocycles. The Balaban J connectivity index is 2.23. The summed E-state index contributed by atoms with van der Waals surface area (Å²) in [6, 6.07) is 8.22. The zero-order valence-electron chi connectivity index (χ0n) is 12.2. The molecule has 0 aliphatic heterocycles. The molecule has 1 aromatic carbocycles. The van der Waals surface area contributed by atoms with Crippen LogP contribution in [-0.2, 0) is 16.1 Å². The van der Waals surface area contributed by atoms with Gasteiger partial charge in [0.1, 0.15) is 11.7 Å². The van der Waals surface area contributed by atoms with E-state index in [4.69, 9.17) is 9.84 Å². The fourth-order valence-corrected chi connectivity index (χ4v) is 1.94. The van der Waals surface area contributed by atoms with Crippen LogP contribution in [0, 0.1) is 0 Å². The van der Waals surface area contributed by atoms with E-state index in [1.807, 2.05) is 6.07 Å². The van der Waals surface area contributed by atoms with Crippen LogP contribution in [0.25, 0.3) is 0 Å². The average molecular weight is 304 g/mol. The molecule has 2 rings (SSSR count). The number of carboxylic acid groups (broad SMARTS) is 1. The molecule has 1 unspecified atom stereocenters. The summed E-state index contributed by atoms with van der Waals surface area (Å²) in [4.78, 5) is 23.4. The Morgan fingerprint density at radius 1 is 1.36 bits per heavy atom. The van der Waals surface area contributed by atoms with E-state index in [9.17, 15) is 9.59 Å². The second-order valence-corrected chi connectivity index (χ2v) is 4.60. The molecular formula is C14H16N4O4. The van der Waals surface area contributed by atoms with Crippen LogP contribution in [0.3, 0.4) is 0 Å². The molecule has 8 heteroatoms. The molecule has 2 aromatic rings. The summed E-state index contributed by atoms with van der Waals surface area (Å²) in [5.74, 6) is -1.54.